The lowest BCUT2D eigenvalue weighted by atomic mass is 10.1. The van der Waals surface area contributed by atoms with Gasteiger partial charge < -0.3 is 5.73 Å². The van der Waals surface area contributed by atoms with Crippen LogP contribution in [0.15, 0.2) is 24.3 Å². The van der Waals surface area contributed by atoms with Gasteiger partial charge in [0.05, 0.1) is 12.8 Å². The first-order valence-corrected chi connectivity index (χ1v) is 7.55. The second-order valence-electron chi connectivity index (χ2n) is 3.99. The Labute approximate surface area is 121 Å². The van der Waals surface area contributed by atoms with Gasteiger partial charge in [0.2, 0.25) is 10.0 Å². The number of sulfonamides is 1. The van der Waals surface area contributed by atoms with E-state index in [-0.39, 0.29) is 16.7 Å². The van der Waals surface area contributed by atoms with E-state index in [1.54, 1.807) is 24.3 Å². The van der Waals surface area contributed by atoms with Crippen LogP contribution in [0.25, 0.3) is 0 Å². The number of aromatic nitrogens is 4. The lowest BCUT2D eigenvalue weighted by molar-refractivity contribution is 0.600. The van der Waals surface area contributed by atoms with E-state index in [9.17, 15) is 8.42 Å². The minimum absolute atomic E-state index is 0.0830. The summed E-state index contributed by atoms with van der Waals surface area (Å²) in [5, 5.41) is 10.9. The summed E-state index contributed by atoms with van der Waals surface area (Å²) in [6, 6.07) is 6.78. The van der Waals surface area contributed by atoms with Crippen LogP contribution >= 0.6 is 12.2 Å². The van der Waals surface area contributed by atoms with E-state index in [0.29, 0.717) is 11.1 Å². The Morgan fingerprint density at radius 2 is 2.15 bits per heavy atom. The van der Waals surface area contributed by atoms with Crippen molar-refractivity contribution in [3.05, 3.63) is 35.4 Å². The number of tetrazole rings is 1. The molecule has 0 radical (unpaired) electrons. The van der Waals surface area contributed by atoms with Gasteiger partial charge in [0.15, 0.2) is 0 Å². The Balaban J connectivity index is 2.22. The minimum atomic E-state index is -3.67. The molecule has 0 aliphatic rings. The van der Waals surface area contributed by atoms with E-state index in [1.807, 2.05) is 0 Å². The van der Waals surface area contributed by atoms with Gasteiger partial charge in [-0.2, -0.15) is 4.80 Å². The summed E-state index contributed by atoms with van der Waals surface area (Å²) in [7, 11) is -2.14. The molecule has 0 bridgehead atoms. The van der Waals surface area contributed by atoms with E-state index in [4.69, 9.17) is 18.0 Å². The van der Waals surface area contributed by atoms with Crippen LogP contribution in [0.2, 0.25) is 0 Å². The van der Waals surface area contributed by atoms with Gasteiger partial charge in [0.25, 0.3) is 5.95 Å². The molecule has 20 heavy (non-hydrogen) atoms. The van der Waals surface area contributed by atoms with Crippen molar-refractivity contribution in [3.63, 3.8) is 0 Å². The molecule has 8 nitrogen and oxygen atoms in total. The number of rotatable bonds is 5. The number of nitrogens with one attached hydrogen (secondary N) is 1. The van der Waals surface area contributed by atoms with Crippen molar-refractivity contribution >= 4 is 33.2 Å². The lowest BCUT2D eigenvalue weighted by Crippen LogP contribution is -2.19. The quantitative estimate of drug-likeness (QED) is 0.734. The molecule has 2 aromatic rings. The van der Waals surface area contributed by atoms with Crippen LogP contribution in [0, 0.1) is 0 Å². The molecule has 0 amide bonds. The summed E-state index contributed by atoms with van der Waals surface area (Å²) >= 11 is 4.90. The van der Waals surface area contributed by atoms with Crippen LogP contribution in [0.3, 0.4) is 0 Å². The molecule has 0 aliphatic heterocycles. The topological polar surface area (TPSA) is 116 Å². The molecule has 0 saturated heterocycles. The number of thiocarbonyl (C=S) groups is 1. The van der Waals surface area contributed by atoms with Gasteiger partial charge in [0, 0.05) is 5.56 Å². The summed E-state index contributed by atoms with van der Waals surface area (Å²) < 4.78 is 26.3. The highest BCUT2D eigenvalue weighted by Crippen LogP contribution is 2.13. The maximum atomic E-state index is 12.0. The van der Waals surface area contributed by atoms with Gasteiger partial charge >= 0.3 is 0 Å². The average Bonchev–Trinajstić information content (AvgIpc) is 2.73. The Hall–Kier alpha value is -2.07. The van der Waals surface area contributed by atoms with Crippen LogP contribution in [0.5, 0.6) is 0 Å². The molecular weight excluding hydrogens is 300 g/mol. The maximum Gasteiger partial charge on any atom is 0.276 e. The summed E-state index contributed by atoms with van der Waals surface area (Å²) in [4.78, 5) is 1.30. The molecule has 1 heterocycles. The predicted octanol–water partition coefficient (Wildman–Crippen LogP) is -0.214. The second-order valence-corrected chi connectivity index (χ2v) is 6.15. The predicted molar refractivity (Wildman–Crippen MR) is 77.4 cm³/mol. The number of hydrogen-bond donors (Lipinski definition) is 2. The fourth-order valence-electron chi connectivity index (χ4n) is 1.59. The van der Waals surface area contributed by atoms with Gasteiger partial charge in [-0.05, 0) is 10.8 Å². The zero-order chi connectivity index (χ0) is 14.8. The standard InChI is InChI=1S/C10H12N6O2S2/c1-16-13-10(12-15-16)14-20(17,18)6-7-4-2-3-5-8(7)9(11)19/h2-5H,6H2,1H3,(H2,11,19)(H,13,14). The van der Waals surface area contributed by atoms with E-state index < -0.39 is 10.0 Å². The van der Waals surface area contributed by atoms with Crippen molar-refractivity contribution in [1.82, 2.24) is 20.2 Å². The first kappa shape index (κ1) is 14.3. The van der Waals surface area contributed by atoms with E-state index in [0.717, 1.165) is 4.80 Å². The Kier molecular flexibility index (Phi) is 3.95. The number of aryl methyl sites for hydroxylation is 1. The average molecular weight is 312 g/mol. The fourth-order valence-corrected chi connectivity index (χ4v) is 2.88. The van der Waals surface area contributed by atoms with Crippen molar-refractivity contribution in [1.29, 1.82) is 0 Å². The van der Waals surface area contributed by atoms with Gasteiger partial charge in [-0.15, -0.1) is 5.10 Å². The largest absolute Gasteiger partial charge is 0.389 e. The number of hydrogen-bond acceptors (Lipinski definition) is 6. The van der Waals surface area contributed by atoms with Crippen molar-refractivity contribution in [2.45, 2.75) is 5.75 Å². The number of nitrogens with zero attached hydrogens (tertiary/aromatic N) is 4. The molecule has 0 atom stereocenters. The van der Waals surface area contributed by atoms with Crippen LogP contribution in [-0.4, -0.2) is 33.6 Å². The number of anilines is 1. The van der Waals surface area contributed by atoms with Crippen molar-refractivity contribution in [2.24, 2.45) is 12.8 Å². The van der Waals surface area contributed by atoms with E-state index in [2.05, 4.69) is 20.1 Å². The van der Waals surface area contributed by atoms with Crippen molar-refractivity contribution < 1.29 is 8.42 Å². The summed E-state index contributed by atoms with van der Waals surface area (Å²) in [6.45, 7) is 0. The smallest absolute Gasteiger partial charge is 0.276 e. The third-order valence-electron chi connectivity index (χ3n) is 2.38. The second kappa shape index (κ2) is 5.51. The summed E-state index contributed by atoms with van der Waals surface area (Å²) in [5.74, 6) is -0.362. The highest BCUT2D eigenvalue weighted by molar-refractivity contribution is 7.91. The monoisotopic (exact) mass is 312 g/mol. The molecule has 0 aliphatic carbocycles. The zero-order valence-corrected chi connectivity index (χ0v) is 12.1. The third kappa shape index (κ3) is 3.48. The lowest BCUT2D eigenvalue weighted by Gasteiger charge is -2.08. The molecule has 0 unspecified atom stereocenters. The molecule has 1 aromatic heterocycles. The number of benzene rings is 1. The SMILES string of the molecule is Cn1nnc(NS(=O)(=O)Cc2ccccc2C(N)=S)n1. The third-order valence-corrected chi connectivity index (χ3v) is 3.79. The molecule has 3 N–H and O–H groups in total. The fraction of sp³-hybridized carbons (Fsp3) is 0.200. The van der Waals surface area contributed by atoms with E-state index in [1.165, 1.54) is 7.05 Å². The summed E-state index contributed by atoms with van der Waals surface area (Å²) in [5.41, 5.74) is 6.61. The Morgan fingerprint density at radius 3 is 2.75 bits per heavy atom. The molecule has 2 rings (SSSR count). The van der Waals surface area contributed by atoms with E-state index >= 15 is 0 Å². The van der Waals surface area contributed by atoms with Crippen molar-refractivity contribution in [2.75, 3.05) is 4.72 Å². The van der Waals surface area contributed by atoms with Gasteiger partial charge in [-0.25, -0.2) is 13.1 Å². The minimum Gasteiger partial charge on any atom is -0.389 e. The molecule has 1 aromatic carbocycles. The molecule has 0 saturated carbocycles. The van der Waals surface area contributed by atoms with Gasteiger partial charge in [-0.1, -0.05) is 41.6 Å². The Bertz CT molecular complexity index is 740. The van der Waals surface area contributed by atoms with Crippen LogP contribution in [0.1, 0.15) is 11.1 Å². The molecule has 0 spiro atoms. The van der Waals surface area contributed by atoms with Crippen LogP contribution in [-0.2, 0) is 22.8 Å². The first-order chi connectivity index (χ1) is 9.37. The normalized spacial score (nSPS) is 11.2. The van der Waals surface area contributed by atoms with Crippen molar-refractivity contribution in [3.8, 4) is 0 Å². The van der Waals surface area contributed by atoms with Crippen LogP contribution in [0.4, 0.5) is 5.95 Å². The molecule has 106 valence electrons. The number of nitrogens with two attached hydrogens (primary N) is 1. The molecular formula is C10H12N6O2S2. The first-order valence-electron chi connectivity index (χ1n) is 5.49. The van der Waals surface area contributed by atoms with Gasteiger partial charge in [-0.3, -0.25) is 0 Å². The molecule has 0 fully saturated rings. The summed E-state index contributed by atoms with van der Waals surface area (Å²) in [6.07, 6.45) is 0. The highest BCUT2D eigenvalue weighted by Gasteiger charge is 2.17. The zero-order valence-electron chi connectivity index (χ0n) is 10.5. The van der Waals surface area contributed by atoms with Crippen LogP contribution < -0.4 is 10.5 Å². The highest BCUT2D eigenvalue weighted by atomic mass is 32.2. The van der Waals surface area contributed by atoms with Gasteiger partial charge in [0.1, 0.15) is 4.99 Å². The maximum absolute atomic E-state index is 12.0. The molecule has 10 heteroatoms. The Morgan fingerprint density at radius 1 is 1.45 bits per heavy atom.